The molecule has 0 bridgehead atoms. The van der Waals surface area contributed by atoms with E-state index < -0.39 is 34.9 Å². The number of rotatable bonds is 10. The molecule has 0 fully saturated rings. The lowest BCUT2D eigenvalue weighted by Crippen LogP contribution is -2.48. The van der Waals surface area contributed by atoms with Gasteiger partial charge in [-0.3, -0.25) is 9.59 Å². The van der Waals surface area contributed by atoms with Gasteiger partial charge in [0.1, 0.15) is 0 Å². The highest BCUT2D eigenvalue weighted by molar-refractivity contribution is 7.89. The number of nitrogens with zero attached hydrogens (tertiary/aromatic N) is 1. The summed E-state index contributed by atoms with van der Waals surface area (Å²) in [5.41, 5.74) is 1.80. The maximum atomic E-state index is 13.1. The molecule has 0 spiro atoms. The molecular weight excluding hydrogens is 378 g/mol. The zero-order chi connectivity index (χ0) is 21.5. The van der Waals surface area contributed by atoms with E-state index in [-0.39, 0.29) is 17.0 Å². The summed E-state index contributed by atoms with van der Waals surface area (Å²) in [5, 5.41) is 5.51. The predicted molar refractivity (Wildman–Crippen MR) is 110 cm³/mol. The van der Waals surface area contributed by atoms with E-state index in [2.05, 4.69) is 10.6 Å². The van der Waals surface area contributed by atoms with Crippen LogP contribution >= 0.6 is 0 Å². The van der Waals surface area contributed by atoms with Gasteiger partial charge in [-0.2, -0.15) is 4.31 Å². The second-order valence-corrected chi connectivity index (χ2v) is 9.21. The van der Waals surface area contributed by atoms with E-state index in [1.807, 2.05) is 41.5 Å². The fraction of sp³-hybridized carbons (Fsp3) is 0.600. The fourth-order valence-corrected chi connectivity index (χ4v) is 3.85. The highest BCUT2D eigenvalue weighted by Gasteiger charge is 2.29. The van der Waals surface area contributed by atoms with E-state index in [0.717, 1.165) is 28.3 Å². The molecular formula is C20H33N3O4S. The number of carbonyl (C=O) groups excluding carboxylic acids is 2. The molecule has 0 aliphatic heterocycles. The third-order valence-electron chi connectivity index (χ3n) is 4.80. The molecule has 28 heavy (non-hydrogen) atoms. The third-order valence-corrected chi connectivity index (χ3v) is 6.58. The van der Waals surface area contributed by atoms with Crippen molar-refractivity contribution in [1.82, 2.24) is 14.9 Å². The van der Waals surface area contributed by atoms with Crippen LogP contribution in [0.1, 0.15) is 51.7 Å². The van der Waals surface area contributed by atoms with E-state index in [0.29, 0.717) is 0 Å². The molecule has 0 aromatic heterocycles. The van der Waals surface area contributed by atoms with Gasteiger partial charge in [0, 0.05) is 12.1 Å². The van der Waals surface area contributed by atoms with Crippen LogP contribution in [0.2, 0.25) is 0 Å². The quantitative estimate of drug-likeness (QED) is 0.616. The van der Waals surface area contributed by atoms with Crippen molar-refractivity contribution in [2.75, 3.05) is 13.1 Å². The van der Waals surface area contributed by atoms with Crippen molar-refractivity contribution in [2.24, 2.45) is 0 Å². The molecule has 0 saturated carbocycles. The first kappa shape index (κ1) is 24.1. The van der Waals surface area contributed by atoms with E-state index in [1.54, 1.807) is 12.1 Å². The van der Waals surface area contributed by atoms with Crippen molar-refractivity contribution < 1.29 is 18.0 Å². The van der Waals surface area contributed by atoms with Crippen LogP contribution in [-0.2, 0) is 19.6 Å². The predicted octanol–water partition coefficient (Wildman–Crippen LogP) is 2.12. The Kier molecular flexibility index (Phi) is 9.10. The molecule has 2 N–H and O–H groups in total. The molecule has 1 aromatic rings. The molecule has 2 atom stereocenters. The summed E-state index contributed by atoms with van der Waals surface area (Å²) in [6.07, 6.45) is 1.45. The van der Waals surface area contributed by atoms with Crippen LogP contribution in [0.3, 0.4) is 0 Å². The number of nitrogens with one attached hydrogen (secondary N) is 2. The number of hydrogen-bond donors (Lipinski definition) is 2. The monoisotopic (exact) mass is 411 g/mol. The van der Waals surface area contributed by atoms with E-state index in [9.17, 15) is 18.0 Å². The first-order chi connectivity index (χ1) is 13.0. The molecule has 0 radical (unpaired) electrons. The van der Waals surface area contributed by atoms with Crippen molar-refractivity contribution in [3.05, 3.63) is 29.3 Å². The Morgan fingerprint density at radius 1 is 0.929 bits per heavy atom. The summed E-state index contributed by atoms with van der Waals surface area (Å²) < 4.78 is 27.2. The number of aryl methyl sites for hydroxylation is 2. The van der Waals surface area contributed by atoms with Gasteiger partial charge in [0.05, 0.1) is 18.0 Å². The standard InChI is InChI=1S/C20H33N3O4S/c1-7-16(5)21-19(24)12-23(13-20(25)22-17(6)8-2)28(26,27)18-10-9-14(3)15(4)11-18/h9-11,16-17H,7-8,12-13H2,1-6H3,(H,21,24)(H,22,25)/t16-,17-/m0/s1. The molecule has 0 unspecified atom stereocenters. The normalized spacial score (nSPS) is 13.8. The van der Waals surface area contributed by atoms with E-state index in [1.165, 1.54) is 6.07 Å². The molecule has 0 saturated heterocycles. The van der Waals surface area contributed by atoms with Crippen LogP contribution in [-0.4, -0.2) is 49.7 Å². The Labute approximate surface area is 168 Å². The molecule has 158 valence electrons. The van der Waals surface area contributed by atoms with E-state index >= 15 is 0 Å². The number of benzene rings is 1. The summed E-state index contributed by atoms with van der Waals surface area (Å²) in [4.78, 5) is 24.7. The zero-order valence-corrected chi connectivity index (χ0v) is 18.5. The zero-order valence-electron chi connectivity index (χ0n) is 17.7. The topological polar surface area (TPSA) is 95.6 Å². The van der Waals surface area contributed by atoms with Gasteiger partial charge in [-0.25, -0.2) is 8.42 Å². The molecule has 2 amide bonds. The lowest BCUT2D eigenvalue weighted by atomic mass is 10.1. The van der Waals surface area contributed by atoms with Crippen LogP contribution in [0.4, 0.5) is 0 Å². The second-order valence-electron chi connectivity index (χ2n) is 7.27. The minimum atomic E-state index is -4.00. The van der Waals surface area contributed by atoms with Crippen LogP contribution in [0.15, 0.2) is 23.1 Å². The van der Waals surface area contributed by atoms with Crippen molar-refractivity contribution in [3.8, 4) is 0 Å². The third kappa shape index (κ3) is 6.91. The Hall–Kier alpha value is -1.93. The van der Waals surface area contributed by atoms with Gasteiger partial charge in [-0.1, -0.05) is 19.9 Å². The average molecular weight is 412 g/mol. The number of hydrogen-bond acceptors (Lipinski definition) is 4. The Morgan fingerprint density at radius 3 is 1.79 bits per heavy atom. The summed E-state index contributed by atoms with van der Waals surface area (Å²) in [6.45, 7) is 10.4. The Balaban J connectivity index is 3.14. The number of sulfonamides is 1. The molecule has 0 heterocycles. The molecule has 0 aliphatic rings. The van der Waals surface area contributed by atoms with Gasteiger partial charge in [-0.05, 0) is 63.8 Å². The van der Waals surface area contributed by atoms with Gasteiger partial charge in [0.25, 0.3) is 0 Å². The van der Waals surface area contributed by atoms with Crippen molar-refractivity contribution in [3.63, 3.8) is 0 Å². The van der Waals surface area contributed by atoms with Gasteiger partial charge in [0.15, 0.2) is 0 Å². The summed E-state index contributed by atoms with van der Waals surface area (Å²) in [5.74, 6) is -0.865. The maximum absolute atomic E-state index is 13.1. The van der Waals surface area contributed by atoms with Crippen LogP contribution < -0.4 is 10.6 Å². The SMILES string of the molecule is CC[C@H](C)NC(=O)CN(CC(=O)N[C@@H](C)CC)S(=O)(=O)c1ccc(C)c(C)c1. The lowest BCUT2D eigenvalue weighted by Gasteiger charge is -2.23. The average Bonchev–Trinajstić information content (AvgIpc) is 2.62. The minimum absolute atomic E-state index is 0.0725. The van der Waals surface area contributed by atoms with E-state index in [4.69, 9.17) is 0 Å². The Bertz CT molecular complexity index is 767. The largest absolute Gasteiger partial charge is 0.353 e. The highest BCUT2D eigenvalue weighted by Crippen LogP contribution is 2.19. The highest BCUT2D eigenvalue weighted by atomic mass is 32.2. The molecule has 1 rings (SSSR count). The van der Waals surface area contributed by atoms with Crippen LogP contribution in [0, 0.1) is 13.8 Å². The van der Waals surface area contributed by atoms with Gasteiger partial charge in [-0.15, -0.1) is 0 Å². The van der Waals surface area contributed by atoms with Crippen molar-refractivity contribution in [2.45, 2.75) is 71.4 Å². The number of amides is 2. The van der Waals surface area contributed by atoms with Crippen LogP contribution in [0.25, 0.3) is 0 Å². The first-order valence-electron chi connectivity index (χ1n) is 9.67. The molecule has 1 aromatic carbocycles. The second kappa shape index (κ2) is 10.6. The summed E-state index contributed by atoms with van der Waals surface area (Å²) in [6, 6.07) is 4.64. The first-order valence-corrected chi connectivity index (χ1v) is 11.1. The molecule has 0 aliphatic carbocycles. The maximum Gasteiger partial charge on any atom is 0.244 e. The molecule has 8 heteroatoms. The molecule has 7 nitrogen and oxygen atoms in total. The summed E-state index contributed by atoms with van der Waals surface area (Å²) >= 11 is 0. The Morgan fingerprint density at radius 2 is 1.39 bits per heavy atom. The summed E-state index contributed by atoms with van der Waals surface area (Å²) in [7, 11) is -4.00. The number of carbonyl (C=O) groups is 2. The van der Waals surface area contributed by atoms with Crippen LogP contribution in [0.5, 0.6) is 0 Å². The lowest BCUT2D eigenvalue weighted by molar-refractivity contribution is -0.124. The smallest absolute Gasteiger partial charge is 0.244 e. The van der Waals surface area contributed by atoms with Gasteiger partial charge < -0.3 is 10.6 Å². The fourth-order valence-electron chi connectivity index (χ4n) is 2.41. The van der Waals surface area contributed by atoms with Gasteiger partial charge in [0.2, 0.25) is 21.8 Å². The van der Waals surface area contributed by atoms with Gasteiger partial charge >= 0.3 is 0 Å². The minimum Gasteiger partial charge on any atom is -0.353 e. The van der Waals surface area contributed by atoms with Crippen molar-refractivity contribution >= 4 is 21.8 Å². The van der Waals surface area contributed by atoms with Crippen molar-refractivity contribution in [1.29, 1.82) is 0 Å².